The highest BCUT2D eigenvalue weighted by molar-refractivity contribution is 5.99. The summed E-state index contributed by atoms with van der Waals surface area (Å²) in [6, 6.07) is 14.2. The first-order valence-corrected chi connectivity index (χ1v) is 10.3. The van der Waals surface area contributed by atoms with E-state index in [2.05, 4.69) is 15.5 Å². The van der Waals surface area contributed by atoms with Gasteiger partial charge in [-0.25, -0.2) is 4.39 Å². The Kier molecular flexibility index (Phi) is 5.79. The second-order valence-corrected chi connectivity index (χ2v) is 7.84. The minimum absolute atomic E-state index is 0.133. The standard InChI is InChI=1S/C23H26FN3O2/c24-21-7-3-2-6-16(21)15-25-22(28)19-14-20(19)23(29)26-17-8-10-18(11-9-17)27-12-4-1-5-13-27/h2-3,6-11,19-20H,1,4-5,12-15H2,(H,25,28)(H,26,29). The number of carbonyl (C=O) groups excluding carboxylic acids is 2. The molecule has 2 amide bonds. The van der Waals surface area contributed by atoms with Crippen LogP contribution >= 0.6 is 0 Å². The number of nitrogens with zero attached hydrogens (tertiary/aromatic N) is 1. The monoisotopic (exact) mass is 395 g/mol. The van der Waals surface area contributed by atoms with E-state index in [1.54, 1.807) is 18.2 Å². The van der Waals surface area contributed by atoms with Crippen LogP contribution in [0.2, 0.25) is 0 Å². The molecule has 1 saturated carbocycles. The number of hydrogen-bond acceptors (Lipinski definition) is 3. The van der Waals surface area contributed by atoms with E-state index in [4.69, 9.17) is 0 Å². The first kappa shape index (κ1) is 19.4. The summed E-state index contributed by atoms with van der Waals surface area (Å²) in [6.07, 6.45) is 4.27. The van der Waals surface area contributed by atoms with Crippen molar-refractivity contribution in [1.82, 2.24) is 5.32 Å². The zero-order valence-electron chi connectivity index (χ0n) is 16.4. The summed E-state index contributed by atoms with van der Waals surface area (Å²) in [7, 11) is 0. The normalized spacial score (nSPS) is 20.8. The number of hydrogen-bond donors (Lipinski definition) is 2. The van der Waals surface area contributed by atoms with Crippen molar-refractivity contribution in [3.63, 3.8) is 0 Å². The molecule has 0 radical (unpaired) electrons. The van der Waals surface area contributed by atoms with Gasteiger partial charge in [-0.15, -0.1) is 0 Å². The number of benzene rings is 2. The SMILES string of the molecule is O=C(NCc1ccccc1F)C1CC1C(=O)Nc1ccc(N2CCCCC2)cc1. The summed E-state index contributed by atoms with van der Waals surface area (Å²) in [5.41, 5.74) is 2.36. The predicted octanol–water partition coefficient (Wildman–Crippen LogP) is 3.71. The van der Waals surface area contributed by atoms with Crippen LogP contribution in [-0.4, -0.2) is 24.9 Å². The van der Waals surface area contributed by atoms with Crippen LogP contribution in [0, 0.1) is 17.7 Å². The van der Waals surface area contributed by atoms with Crippen molar-refractivity contribution in [3.05, 3.63) is 59.9 Å². The largest absolute Gasteiger partial charge is 0.372 e. The molecule has 6 heteroatoms. The average molecular weight is 395 g/mol. The number of piperidine rings is 1. The molecule has 2 aromatic rings. The quantitative estimate of drug-likeness (QED) is 0.784. The zero-order chi connectivity index (χ0) is 20.2. The molecule has 1 heterocycles. The Morgan fingerprint density at radius 3 is 2.34 bits per heavy atom. The van der Waals surface area contributed by atoms with E-state index < -0.39 is 0 Å². The third-order valence-corrected chi connectivity index (χ3v) is 5.73. The highest BCUT2D eigenvalue weighted by atomic mass is 19.1. The van der Waals surface area contributed by atoms with Crippen LogP contribution in [-0.2, 0) is 16.1 Å². The molecule has 1 aliphatic heterocycles. The number of amides is 2. The Morgan fingerprint density at radius 1 is 0.931 bits per heavy atom. The highest BCUT2D eigenvalue weighted by Gasteiger charge is 2.47. The Bertz CT molecular complexity index is 878. The highest BCUT2D eigenvalue weighted by Crippen LogP contribution is 2.39. The van der Waals surface area contributed by atoms with Gasteiger partial charge in [-0.2, -0.15) is 0 Å². The van der Waals surface area contributed by atoms with Crippen LogP contribution in [0.15, 0.2) is 48.5 Å². The second kappa shape index (κ2) is 8.64. The first-order chi connectivity index (χ1) is 14.1. The third-order valence-electron chi connectivity index (χ3n) is 5.73. The molecule has 152 valence electrons. The van der Waals surface area contributed by atoms with Crippen LogP contribution in [0.4, 0.5) is 15.8 Å². The summed E-state index contributed by atoms with van der Waals surface area (Å²) in [6.45, 7) is 2.29. The lowest BCUT2D eigenvalue weighted by molar-refractivity contribution is -0.125. The lowest BCUT2D eigenvalue weighted by Crippen LogP contribution is -2.29. The van der Waals surface area contributed by atoms with Gasteiger partial charge in [-0.1, -0.05) is 18.2 Å². The maximum absolute atomic E-state index is 13.6. The van der Waals surface area contributed by atoms with Crippen LogP contribution in [0.1, 0.15) is 31.2 Å². The smallest absolute Gasteiger partial charge is 0.228 e. The molecule has 2 N–H and O–H groups in total. The van der Waals surface area contributed by atoms with Gasteiger partial charge >= 0.3 is 0 Å². The van der Waals surface area contributed by atoms with Crippen molar-refractivity contribution in [1.29, 1.82) is 0 Å². The lowest BCUT2D eigenvalue weighted by Gasteiger charge is -2.28. The van der Waals surface area contributed by atoms with E-state index in [1.165, 1.54) is 31.0 Å². The number of anilines is 2. The zero-order valence-corrected chi connectivity index (χ0v) is 16.4. The lowest BCUT2D eigenvalue weighted by atomic mass is 10.1. The molecule has 0 aromatic heterocycles. The Balaban J connectivity index is 1.25. The molecule has 2 fully saturated rings. The van der Waals surface area contributed by atoms with E-state index >= 15 is 0 Å². The van der Waals surface area contributed by atoms with Gasteiger partial charge in [0.25, 0.3) is 0 Å². The Labute approximate surface area is 170 Å². The molecule has 2 aromatic carbocycles. The fraction of sp³-hybridized carbons (Fsp3) is 0.391. The van der Waals surface area contributed by atoms with Gasteiger partial charge in [0.05, 0.1) is 11.8 Å². The first-order valence-electron chi connectivity index (χ1n) is 10.3. The van der Waals surface area contributed by atoms with Crippen molar-refractivity contribution >= 4 is 23.2 Å². The summed E-state index contributed by atoms with van der Waals surface area (Å²) >= 11 is 0. The van der Waals surface area contributed by atoms with Crippen LogP contribution < -0.4 is 15.5 Å². The predicted molar refractivity (Wildman–Crippen MR) is 111 cm³/mol. The molecule has 1 saturated heterocycles. The van der Waals surface area contributed by atoms with E-state index in [0.29, 0.717) is 12.0 Å². The van der Waals surface area contributed by atoms with Crippen molar-refractivity contribution < 1.29 is 14.0 Å². The third kappa shape index (κ3) is 4.75. The van der Waals surface area contributed by atoms with E-state index in [9.17, 15) is 14.0 Å². The minimum Gasteiger partial charge on any atom is -0.372 e. The average Bonchev–Trinajstić information content (AvgIpc) is 3.55. The van der Waals surface area contributed by atoms with E-state index in [1.807, 2.05) is 24.3 Å². The fourth-order valence-corrected chi connectivity index (χ4v) is 3.87. The molecular formula is C23H26FN3O2. The molecule has 2 unspecified atom stereocenters. The fourth-order valence-electron chi connectivity index (χ4n) is 3.87. The molecule has 29 heavy (non-hydrogen) atoms. The van der Waals surface area contributed by atoms with Crippen LogP contribution in [0.5, 0.6) is 0 Å². The molecule has 2 aliphatic rings. The van der Waals surface area contributed by atoms with Gasteiger partial charge in [0.2, 0.25) is 11.8 Å². The number of nitrogens with one attached hydrogen (secondary N) is 2. The Morgan fingerprint density at radius 2 is 1.62 bits per heavy atom. The molecule has 2 atom stereocenters. The summed E-state index contributed by atoms with van der Waals surface area (Å²) in [5.74, 6) is -1.34. The van der Waals surface area contributed by atoms with Gasteiger partial charge in [0, 0.05) is 36.6 Å². The van der Waals surface area contributed by atoms with Crippen molar-refractivity contribution in [2.45, 2.75) is 32.2 Å². The second-order valence-electron chi connectivity index (χ2n) is 7.84. The maximum atomic E-state index is 13.6. The van der Waals surface area contributed by atoms with Crippen molar-refractivity contribution in [3.8, 4) is 0 Å². The molecule has 0 spiro atoms. The van der Waals surface area contributed by atoms with E-state index in [-0.39, 0.29) is 36.0 Å². The molecular weight excluding hydrogens is 369 g/mol. The van der Waals surface area contributed by atoms with Crippen molar-refractivity contribution in [2.75, 3.05) is 23.3 Å². The summed E-state index contributed by atoms with van der Waals surface area (Å²) in [5, 5.41) is 5.63. The number of rotatable bonds is 6. The van der Waals surface area contributed by atoms with Crippen LogP contribution in [0.3, 0.4) is 0 Å². The van der Waals surface area contributed by atoms with Gasteiger partial charge in [-0.3, -0.25) is 9.59 Å². The minimum atomic E-state index is -0.342. The van der Waals surface area contributed by atoms with Crippen molar-refractivity contribution in [2.24, 2.45) is 11.8 Å². The molecule has 5 nitrogen and oxygen atoms in total. The van der Waals surface area contributed by atoms with Crippen LogP contribution in [0.25, 0.3) is 0 Å². The number of carbonyl (C=O) groups is 2. The van der Waals surface area contributed by atoms with Gasteiger partial charge in [0.1, 0.15) is 5.82 Å². The van der Waals surface area contributed by atoms with Gasteiger partial charge in [0.15, 0.2) is 0 Å². The number of halogens is 1. The van der Waals surface area contributed by atoms with E-state index in [0.717, 1.165) is 18.8 Å². The summed E-state index contributed by atoms with van der Waals surface area (Å²) in [4.78, 5) is 27.1. The molecule has 4 rings (SSSR count). The molecule has 1 aliphatic carbocycles. The van der Waals surface area contributed by atoms with Gasteiger partial charge in [-0.05, 0) is 56.0 Å². The Hall–Kier alpha value is -2.89. The topological polar surface area (TPSA) is 61.4 Å². The maximum Gasteiger partial charge on any atom is 0.228 e. The summed E-state index contributed by atoms with van der Waals surface area (Å²) < 4.78 is 13.6. The van der Waals surface area contributed by atoms with Gasteiger partial charge < -0.3 is 15.5 Å². The molecule has 0 bridgehead atoms.